The fourth-order valence-electron chi connectivity index (χ4n) is 1.73. The Morgan fingerprint density at radius 1 is 1.18 bits per heavy atom. The monoisotopic (exact) mass is 303 g/mol. The summed E-state index contributed by atoms with van der Waals surface area (Å²) >= 11 is 0. The van der Waals surface area contributed by atoms with Crippen molar-refractivity contribution in [1.29, 1.82) is 10.5 Å². The van der Waals surface area contributed by atoms with E-state index in [0.717, 1.165) is 38.6 Å². The van der Waals surface area contributed by atoms with E-state index in [1.54, 1.807) is 24.4 Å². The molecule has 0 saturated heterocycles. The first-order valence-electron chi connectivity index (χ1n) is 7.68. The van der Waals surface area contributed by atoms with Gasteiger partial charge in [0.2, 0.25) is 0 Å². The minimum atomic E-state index is -0.120. The van der Waals surface area contributed by atoms with Crippen LogP contribution in [0.1, 0.15) is 45.4 Å². The average molecular weight is 303 g/mol. The van der Waals surface area contributed by atoms with Crippen LogP contribution < -0.4 is 0 Å². The number of unbranched alkanes of at least 4 members (excludes halogenated alkanes) is 3. The summed E-state index contributed by atoms with van der Waals surface area (Å²) in [5, 5.41) is 17.1. The van der Waals surface area contributed by atoms with Gasteiger partial charge in [0.15, 0.2) is 0 Å². The molecule has 5 nitrogen and oxygen atoms in total. The lowest BCUT2D eigenvalue weighted by Gasteiger charge is -2.13. The summed E-state index contributed by atoms with van der Waals surface area (Å²) in [6.07, 6.45) is 10.5. The van der Waals surface area contributed by atoms with Gasteiger partial charge in [0.1, 0.15) is 17.7 Å². The van der Waals surface area contributed by atoms with E-state index in [0.29, 0.717) is 13.0 Å². The van der Waals surface area contributed by atoms with Crippen molar-refractivity contribution in [2.24, 2.45) is 0 Å². The molecule has 5 heteroatoms. The second kappa shape index (κ2) is 13.7. The molecule has 0 atom stereocenters. The van der Waals surface area contributed by atoms with E-state index in [4.69, 9.17) is 15.3 Å². The molecule has 0 aliphatic carbocycles. The molecular weight excluding hydrogens is 278 g/mol. The Morgan fingerprint density at radius 3 is 2.55 bits per heavy atom. The molecule has 22 heavy (non-hydrogen) atoms. The van der Waals surface area contributed by atoms with Crippen LogP contribution in [-0.2, 0) is 9.53 Å². The molecule has 0 rings (SSSR count). The standard InChI is InChI=1S/C17H25N3O2/c1-3-4-5-6-10-17(21)22-13-8-12-20(2)11-7-9-16(14-18)15-19/h7,9,11H,3-6,8,10,12-13H2,1-2H3/b11-7+. The van der Waals surface area contributed by atoms with Crippen molar-refractivity contribution < 1.29 is 9.53 Å². The van der Waals surface area contributed by atoms with Crippen molar-refractivity contribution in [3.63, 3.8) is 0 Å². The molecule has 0 saturated carbocycles. The third-order valence-electron chi connectivity index (χ3n) is 3.00. The maximum atomic E-state index is 11.4. The first kappa shape index (κ1) is 19.7. The molecule has 0 aliphatic rings. The van der Waals surface area contributed by atoms with Crippen LogP contribution in [0.2, 0.25) is 0 Å². The van der Waals surface area contributed by atoms with Crippen molar-refractivity contribution in [2.75, 3.05) is 20.2 Å². The van der Waals surface area contributed by atoms with Gasteiger partial charge in [-0.25, -0.2) is 0 Å². The molecule has 0 fully saturated rings. The molecule has 0 aromatic heterocycles. The third-order valence-corrected chi connectivity index (χ3v) is 3.00. The number of rotatable bonds is 11. The highest BCUT2D eigenvalue weighted by atomic mass is 16.5. The summed E-state index contributed by atoms with van der Waals surface area (Å²) in [6.45, 7) is 3.30. The molecule has 0 aromatic carbocycles. The van der Waals surface area contributed by atoms with E-state index in [1.807, 2.05) is 11.9 Å². The van der Waals surface area contributed by atoms with Crippen molar-refractivity contribution in [2.45, 2.75) is 45.4 Å². The maximum Gasteiger partial charge on any atom is 0.305 e. The number of nitriles is 2. The minimum Gasteiger partial charge on any atom is -0.466 e. The summed E-state index contributed by atoms with van der Waals surface area (Å²) in [5.41, 5.74) is 0.0710. The quantitative estimate of drug-likeness (QED) is 0.253. The summed E-state index contributed by atoms with van der Waals surface area (Å²) in [5.74, 6) is -0.120. The number of carbonyl (C=O) groups is 1. The molecular formula is C17H25N3O2. The van der Waals surface area contributed by atoms with Crippen molar-refractivity contribution in [3.05, 3.63) is 23.9 Å². The van der Waals surface area contributed by atoms with E-state index in [1.165, 1.54) is 6.08 Å². The predicted molar refractivity (Wildman–Crippen MR) is 85.4 cm³/mol. The molecule has 0 spiro atoms. The molecule has 0 unspecified atom stereocenters. The van der Waals surface area contributed by atoms with Gasteiger partial charge in [-0.1, -0.05) is 26.2 Å². The molecule has 0 aliphatic heterocycles. The molecule has 0 heterocycles. The lowest BCUT2D eigenvalue weighted by Crippen LogP contribution is -2.15. The number of allylic oxidation sites excluding steroid dienone is 3. The predicted octanol–water partition coefficient (Wildman–Crippen LogP) is 3.31. The minimum absolute atomic E-state index is 0.0710. The van der Waals surface area contributed by atoms with Gasteiger partial charge in [-0.15, -0.1) is 0 Å². The fourth-order valence-corrected chi connectivity index (χ4v) is 1.73. The smallest absolute Gasteiger partial charge is 0.305 e. The highest BCUT2D eigenvalue weighted by molar-refractivity contribution is 5.69. The Balaban J connectivity index is 3.73. The fraction of sp³-hybridized carbons (Fsp3) is 0.588. The van der Waals surface area contributed by atoms with Crippen molar-refractivity contribution >= 4 is 5.97 Å². The van der Waals surface area contributed by atoms with Gasteiger partial charge in [-0.05, 0) is 31.2 Å². The largest absolute Gasteiger partial charge is 0.466 e. The second-order valence-electron chi connectivity index (χ2n) is 5.01. The molecule has 120 valence electrons. The van der Waals surface area contributed by atoms with Gasteiger partial charge in [-0.2, -0.15) is 10.5 Å². The summed E-state index contributed by atoms with van der Waals surface area (Å²) < 4.78 is 5.16. The number of hydrogen-bond acceptors (Lipinski definition) is 5. The van der Waals surface area contributed by atoms with Crippen LogP contribution in [0, 0.1) is 22.7 Å². The highest BCUT2D eigenvalue weighted by Crippen LogP contribution is 2.03. The third kappa shape index (κ3) is 11.5. The number of ether oxygens (including phenoxy) is 1. The maximum absolute atomic E-state index is 11.4. The Morgan fingerprint density at radius 2 is 1.91 bits per heavy atom. The number of hydrogen-bond donors (Lipinski definition) is 0. The topological polar surface area (TPSA) is 77.1 Å². The first-order valence-corrected chi connectivity index (χ1v) is 7.68. The Labute approximate surface area is 133 Å². The second-order valence-corrected chi connectivity index (χ2v) is 5.01. The van der Waals surface area contributed by atoms with Crippen LogP contribution in [0.5, 0.6) is 0 Å². The van der Waals surface area contributed by atoms with Crippen LogP contribution in [0.3, 0.4) is 0 Å². The summed E-state index contributed by atoms with van der Waals surface area (Å²) in [7, 11) is 1.88. The first-order chi connectivity index (χ1) is 10.6. The van der Waals surface area contributed by atoms with Gasteiger partial charge in [0.05, 0.1) is 6.61 Å². The zero-order valence-electron chi connectivity index (χ0n) is 13.5. The van der Waals surface area contributed by atoms with E-state index in [9.17, 15) is 4.79 Å². The van der Waals surface area contributed by atoms with Gasteiger partial charge >= 0.3 is 5.97 Å². The van der Waals surface area contributed by atoms with Crippen LogP contribution in [0.4, 0.5) is 0 Å². The molecule has 0 amide bonds. The molecule has 0 aromatic rings. The summed E-state index contributed by atoms with van der Waals surface area (Å²) in [4.78, 5) is 13.4. The van der Waals surface area contributed by atoms with Crippen LogP contribution in [0.25, 0.3) is 0 Å². The zero-order chi connectivity index (χ0) is 16.6. The van der Waals surface area contributed by atoms with Gasteiger partial charge in [-0.3, -0.25) is 4.79 Å². The summed E-state index contributed by atoms with van der Waals surface area (Å²) in [6, 6.07) is 3.58. The lowest BCUT2D eigenvalue weighted by atomic mass is 10.2. The highest BCUT2D eigenvalue weighted by Gasteiger charge is 2.02. The average Bonchev–Trinajstić information content (AvgIpc) is 2.52. The van der Waals surface area contributed by atoms with E-state index in [-0.39, 0.29) is 11.5 Å². The number of nitrogens with zero attached hydrogens (tertiary/aromatic N) is 3. The Kier molecular flexibility index (Phi) is 12.3. The molecule has 0 radical (unpaired) electrons. The van der Waals surface area contributed by atoms with E-state index in [2.05, 4.69) is 6.92 Å². The zero-order valence-corrected chi connectivity index (χ0v) is 13.5. The van der Waals surface area contributed by atoms with Gasteiger partial charge in [0, 0.05) is 20.0 Å². The SMILES string of the molecule is CCCCCCC(=O)OCCCN(C)/C=C/C=C(C#N)C#N. The van der Waals surface area contributed by atoms with Crippen LogP contribution in [-0.4, -0.2) is 31.1 Å². The van der Waals surface area contributed by atoms with Gasteiger partial charge < -0.3 is 9.64 Å². The van der Waals surface area contributed by atoms with Crippen LogP contribution >= 0.6 is 0 Å². The van der Waals surface area contributed by atoms with E-state index >= 15 is 0 Å². The van der Waals surface area contributed by atoms with Gasteiger partial charge in [0.25, 0.3) is 0 Å². The number of carbonyl (C=O) groups excluding carboxylic acids is 1. The van der Waals surface area contributed by atoms with E-state index < -0.39 is 0 Å². The number of esters is 1. The Bertz CT molecular complexity index is 440. The molecule has 0 bridgehead atoms. The normalized spacial score (nSPS) is 9.82. The van der Waals surface area contributed by atoms with Crippen molar-refractivity contribution in [1.82, 2.24) is 4.90 Å². The molecule has 0 N–H and O–H groups in total. The van der Waals surface area contributed by atoms with Crippen molar-refractivity contribution in [3.8, 4) is 12.1 Å². The lowest BCUT2D eigenvalue weighted by molar-refractivity contribution is -0.143. The van der Waals surface area contributed by atoms with Crippen LogP contribution in [0.15, 0.2) is 23.9 Å². The Hall–Kier alpha value is -2.27.